The van der Waals surface area contributed by atoms with E-state index in [1.54, 1.807) is 0 Å². The molecule has 3 rings (SSSR count). The van der Waals surface area contributed by atoms with Gasteiger partial charge in [0.2, 0.25) is 0 Å². The first-order valence-electron chi connectivity index (χ1n) is 7.52. The highest BCUT2D eigenvalue weighted by molar-refractivity contribution is 5.73. The molecule has 1 aliphatic carbocycles. The molecule has 0 unspecified atom stereocenters. The Hall–Kier alpha value is -2.36. The van der Waals surface area contributed by atoms with Crippen molar-refractivity contribution in [3.8, 4) is 5.75 Å². The van der Waals surface area contributed by atoms with Crippen molar-refractivity contribution in [1.82, 2.24) is 0 Å². The molecule has 4 heteroatoms. The molecule has 0 amide bonds. The SMILES string of the molecule is COC(=O)C1CC(Oc2cc[n+](Cc3ccccc3)cc2)C1. The van der Waals surface area contributed by atoms with E-state index in [9.17, 15) is 4.79 Å². The Morgan fingerprint density at radius 3 is 2.45 bits per heavy atom. The predicted molar refractivity (Wildman–Crippen MR) is 81.3 cm³/mol. The van der Waals surface area contributed by atoms with Crippen molar-refractivity contribution in [2.45, 2.75) is 25.5 Å². The van der Waals surface area contributed by atoms with Crippen molar-refractivity contribution in [2.75, 3.05) is 7.11 Å². The van der Waals surface area contributed by atoms with Crippen molar-refractivity contribution in [2.24, 2.45) is 5.92 Å². The summed E-state index contributed by atoms with van der Waals surface area (Å²) < 4.78 is 12.7. The highest BCUT2D eigenvalue weighted by Gasteiger charge is 2.36. The van der Waals surface area contributed by atoms with E-state index in [0.29, 0.717) is 0 Å². The zero-order chi connectivity index (χ0) is 15.4. The lowest BCUT2D eigenvalue weighted by atomic mass is 9.82. The molecule has 0 atom stereocenters. The number of carbonyl (C=O) groups excluding carboxylic acids is 1. The smallest absolute Gasteiger partial charge is 0.308 e. The summed E-state index contributed by atoms with van der Waals surface area (Å²) in [5, 5.41) is 0. The molecule has 1 saturated carbocycles. The van der Waals surface area contributed by atoms with Gasteiger partial charge in [0, 0.05) is 17.7 Å². The molecule has 0 saturated heterocycles. The minimum absolute atomic E-state index is 0.00160. The van der Waals surface area contributed by atoms with E-state index in [0.717, 1.165) is 25.1 Å². The molecule has 0 bridgehead atoms. The fourth-order valence-electron chi connectivity index (χ4n) is 2.64. The molecule has 114 valence electrons. The molecule has 2 aromatic rings. The molecule has 1 aromatic carbocycles. The van der Waals surface area contributed by atoms with E-state index in [1.807, 2.05) is 42.7 Å². The van der Waals surface area contributed by atoms with Gasteiger partial charge in [0.25, 0.3) is 0 Å². The average Bonchev–Trinajstić information content (AvgIpc) is 2.52. The standard InChI is InChI=1S/C18H20NO3/c1-21-18(20)15-11-17(12-15)22-16-7-9-19(10-8-16)13-14-5-3-2-4-6-14/h2-10,15,17H,11-13H2,1H3/q+1. The van der Waals surface area contributed by atoms with E-state index in [2.05, 4.69) is 16.7 Å². The minimum atomic E-state index is -0.131. The van der Waals surface area contributed by atoms with Gasteiger partial charge in [0.1, 0.15) is 11.9 Å². The Morgan fingerprint density at radius 2 is 1.82 bits per heavy atom. The second kappa shape index (κ2) is 6.60. The van der Waals surface area contributed by atoms with E-state index in [4.69, 9.17) is 9.47 Å². The molecule has 22 heavy (non-hydrogen) atoms. The van der Waals surface area contributed by atoms with Crippen LogP contribution in [0.2, 0.25) is 0 Å². The second-order valence-electron chi connectivity index (χ2n) is 5.62. The quantitative estimate of drug-likeness (QED) is 0.628. The Balaban J connectivity index is 1.51. The van der Waals surface area contributed by atoms with Crippen molar-refractivity contribution in [3.05, 3.63) is 60.4 Å². The molecular formula is C18H20NO3+. The summed E-state index contributed by atoms with van der Waals surface area (Å²) in [5.74, 6) is 0.716. The summed E-state index contributed by atoms with van der Waals surface area (Å²) in [5.41, 5.74) is 1.26. The van der Waals surface area contributed by atoms with E-state index in [-0.39, 0.29) is 18.0 Å². The number of hydrogen-bond acceptors (Lipinski definition) is 3. The summed E-state index contributed by atoms with van der Waals surface area (Å²) in [6.07, 6.45) is 5.63. The van der Waals surface area contributed by atoms with Crippen molar-refractivity contribution >= 4 is 5.97 Å². The minimum Gasteiger partial charge on any atom is -0.490 e. The zero-order valence-electron chi connectivity index (χ0n) is 12.6. The fraction of sp³-hybridized carbons (Fsp3) is 0.333. The van der Waals surface area contributed by atoms with Crippen LogP contribution in [-0.2, 0) is 16.1 Å². The summed E-state index contributed by atoms with van der Waals surface area (Å²) in [6, 6.07) is 14.3. The van der Waals surface area contributed by atoms with E-state index >= 15 is 0 Å². The van der Waals surface area contributed by atoms with Crippen molar-refractivity contribution in [3.63, 3.8) is 0 Å². The number of pyridine rings is 1. The molecule has 1 fully saturated rings. The van der Waals surface area contributed by atoms with Gasteiger partial charge in [-0.2, -0.15) is 0 Å². The Labute approximate surface area is 130 Å². The van der Waals surface area contributed by atoms with Crippen LogP contribution in [0, 0.1) is 5.92 Å². The normalized spacial score (nSPS) is 20.0. The number of aromatic nitrogens is 1. The van der Waals surface area contributed by atoms with Gasteiger partial charge < -0.3 is 9.47 Å². The first kappa shape index (κ1) is 14.6. The van der Waals surface area contributed by atoms with Gasteiger partial charge in [-0.25, -0.2) is 4.57 Å². The Kier molecular flexibility index (Phi) is 4.37. The van der Waals surface area contributed by atoms with Crippen LogP contribution in [0.15, 0.2) is 54.9 Å². The third-order valence-electron chi connectivity index (χ3n) is 4.00. The van der Waals surface area contributed by atoms with E-state index in [1.165, 1.54) is 12.7 Å². The third kappa shape index (κ3) is 3.45. The van der Waals surface area contributed by atoms with Crippen LogP contribution in [-0.4, -0.2) is 19.2 Å². The number of carbonyl (C=O) groups is 1. The zero-order valence-corrected chi connectivity index (χ0v) is 12.6. The number of methoxy groups -OCH3 is 1. The van der Waals surface area contributed by atoms with Crippen LogP contribution in [0.3, 0.4) is 0 Å². The van der Waals surface area contributed by atoms with Crippen LogP contribution in [0.5, 0.6) is 5.75 Å². The molecule has 0 N–H and O–H groups in total. The van der Waals surface area contributed by atoms with Crippen LogP contribution < -0.4 is 9.30 Å². The number of ether oxygens (including phenoxy) is 2. The molecule has 0 spiro atoms. The van der Waals surface area contributed by atoms with Gasteiger partial charge in [0.05, 0.1) is 13.0 Å². The number of rotatable bonds is 5. The molecule has 0 radical (unpaired) electrons. The fourth-order valence-corrected chi connectivity index (χ4v) is 2.64. The largest absolute Gasteiger partial charge is 0.490 e. The van der Waals surface area contributed by atoms with Crippen LogP contribution in [0.25, 0.3) is 0 Å². The summed E-state index contributed by atoms with van der Waals surface area (Å²) in [4.78, 5) is 11.3. The molecule has 1 aromatic heterocycles. The van der Waals surface area contributed by atoms with Crippen molar-refractivity contribution in [1.29, 1.82) is 0 Å². The molecule has 1 aliphatic rings. The maximum Gasteiger partial charge on any atom is 0.308 e. The lowest BCUT2D eigenvalue weighted by Crippen LogP contribution is -2.39. The van der Waals surface area contributed by atoms with Gasteiger partial charge in [-0.15, -0.1) is 0 Å². The molecular weight excluding hydrogens is 278 g/mol. The first-order valence-corrected chi connectivity index (χ1v) is 7.52. The number of benzene rings is 1. The molecule has 4 nitrogen and oxygen atoms in total. The third-order valence-corrected chi connectivity index (χ3v) is 4.00. The van der Waals surface area contributed by atoms with Crippen molar-refractivity contribution < 1.29 is 18.8 Å². The van der Waals surface area contributed by atoms with Gasteiger partial charge >= 0.3 is 5.97 Å². The van der Waals surface area contributed by atoms with Gasteiger partial charge in [-0.05, 0) is 12.8 Å². The maximum atomic E-state index is 11.3. The topological polar surface area (TPSA) is 39.4 Å². The van der Waals surface area contributed by atoms with E-state index < -0.39 is 0 Å². The summed E-state index contributed by atoms with van der Waals surface area (Å²) >= 11 is 0. The summed E-state index contributed by atoms with van der Waals surface area (Å²) in [6.45, 7) is 0.842. The number of hydrogen-bond donors (Lipinski definition) is 0. The van der Waals surface area contributed by atoms with Crippen LogP contribution >= 0.6 is 0 Å². The lowest BCUT2D eigenvalue weighted by Gasteiger charge is -2.33. The Bertz CT molecular complexity index is 619. The first-order chi connectivity index (χ1) is 10.7. The molecule has 1 heterocycles. The van der Waals surface area contributed by atoms with Gasteiger partial charge in [0.15, 0.2) is 18.9 Å². The predicted octanol–water partition coefficient (Wildman–Crippen LogP) is 2.35. The monoisotopic (exact) mass is 298 g/mol. The molecule has 0 aliphatic heterocycles. The Morgan fingerprint density at radius 1 is 1.14 bits per heavy atom. The van der Waals surface area contributed by atoms with Gasteiger partial charge in [-0.1, -0.05) is 30.3 Å². The number of esters is 1. The maximum absolute atomic E-state index is 11.3. The summed E-state index contributed by atoms with van der Waals surface area (Å²) in [7, 11) is 1.43. The lowest BCUT2D eigenvalue weighted by molar-refractivity contribution is -0.688. The van der Waals surface area contributed by atoms with Gasteiger partial charge in [-0.3, -0.25) is 4.79 Å². The van der Waals surface area contributed by atoms with Crippen LogP contribution in [0.1, 0.15) is 18.4 Å². The number of nitrogens with zero attached hydrogens (tertiary/aromatic N) is 1. The van der Waals surface area contributed by atoms with Crippen LogP contribution in [0.4, 0.5) is 0 Å². The second-order valence-corrected chi connectivity index (χ2v) is 5.62. The average molecular weight is 298 g/mol. The highest BCUT2D eigenvalue weighted by atomic mass is 16.5. The highest BCUT2D eigenvalue weighted by Crippen LogP contribution is 2.31.